The minimum Gasteiger partial charge on any atom is -0.383 e. The van der Waals surface area contributed by atoms with Crippen LogP contribution in [0.4, 0.5) is 10.2 Å². The molecule has 3 heterocycles. The zero-order valence-electron chi connectivity index (χ0n) is 16.9. The summed E-state index contributed by atoms with van der Waals surface area (Å²) in [6, 6.07) is 6.33. The highest BCUT2D eigenvalue weighted by molar-refractivity contribution is 5.94. The second kappa shape index (κ2) is 8.48. The van der Waals surface area contributed by atoms with Gasteiger partial charge in [-0.15, -0.1) is 0 Å². The Bertz CT molecular complexity index is 1240. The number of benzene rings is 1. The number of nitrogen functional groups attached to an aromatic ring is 1. The smallest absolute Gasteiger partial charge is 0.270 e. The average molecular weight is 424 g/mol. The molecule has 0 aliphatic rings. The highest BCUT2D eigenvalue weighted by Gasteiger charge is 2.21. The molecule has 1 aromatic carbocycles. The summed E-state index contributed by atoms with van der Waals surface area (Å²) in [5.41, 5.74) is 9.03. The number of hydrogen-bond donors (Lipinski definition) is 4. The number of nitrogens with zero attached hydrogens (tertiary/aromatic N) is 4. The molecule has 10 nitrogen and oxygen atoms in total. The van der Waals surface area contributed by atoms with Crippen LogP contribution in [-0.2, 0) is 13.2 Å². The van der Waals surface area contributed by atoms with Gasteiger partial charge in [-0.2, -0.15) is 0 Å². The number of anilines is 1. The van der Waals surface area contributed by atoms with Crippen LogP contribution in [0, 0.1) is 0 Å². The molecule has 160 valence electrons. The number of carbonyl (C=O) groups is 1. The molecule has 0 bridgehead atoms. The number of aromatic nitrogens is 5. The Balaban J connectivity index is 1.53. The van der Waals surface area contributed by atoms with Gasteiger partial charge in [0.2, 0.25) is 5.76 Å². The Labute approximate surface area is 176 Å². The Morgan fingerprint density at radius 2 is 2.16 bits per heavy atom. The van der Waals surface area contributed by atoms with Crippen LogP contribution in [0.25, 0.3) is 22.6 Å². The number of aromatic amines is 1. The summed E-state index contributed by atoms with van der Waals surface area (Å²) in [6.07, 6.45) is 1.25. The highest BCUT2D eigenvalue weighted by atomic mass is 19.1. The summed E-state index contributed by atoms with van der Waals surface area (Å²) >= 11 is 0. The van der Waals surface area contributed by atoms with Gasteiger partial charge >= 0.3 is 0 Å². The van der Waals surface area contributed by atoms with Crippen molar-refractivity contribution < 1.29 is 13.7 Å². The summed E-state index contributed by atoms with van der Waals surface area (Å²) in [6.45, 7) is 1.57. The van der Waals surface area contributed by atoms with Gasteiger partial charge in [-0.1, -0.05) is 11.2 Å². The van der Waals surface area contributed by atoms with Gasteiger partial charge in [-0.05, 0) is 31.7 Å². The second-order valence-corrected chi connectivity index (χ2v) is 7.00. The number of carbonyl (C=O) groups excluding carboxylic acids is 1. The van der Waals surface area contributed by atoms with Crippen molar-refractivity contribution in [2.45, 2.75) is 26.2 Å². The Kier molecular flexibility index (Phi) is 5.58. The molecule has 31 heavy (non-hydrogen) atoms. The fraction of sp³-hybridized carbons (Fsp3) is 0.250. The average Bonchev–Trinajstić information content (AvgIpc) is 3.41. The van der Waals surface area contributed by atoms with Crippen LogP contribution in [0.2, 0.25) is 0 Å². The van der Waals surface area contributed by atoms with Crippen LogP contribution >= 0.6 is 0 Å². The normalized spacial score (nSPS) is 12.2. The predicted octanol–water partition coefficient (Wildman–Crippen LogP) is 2.27. The van der Waals surface area contributed by atoms with E-state index in [2.05, 4.69) is 35.7 Å². The number of nitrogens with two attached hydrogens (primary N) is 1. The van der Waals surface area contributed by atoms with Crippen molar-refractivity contribution in [2.75, 3.05) is 12.8 Å². The van der Waals surface area contributed by atoms with Crippen LogP contribution < -0.4 is 16.4 Å². The first-order valence-electron chi connectivity index (χ1n) is 9.56. The molecule has 0 aliphatic heterocycles. The minimum atomic E-state index is -0.554. The number of halogens is 1. The van der Waals surface area contributed by atoms with Gasteiger partial charge in [0.15, 0.2) is 5.82 Å². The van der Waals surface area contributed by atoms with Crippen molar-refractivity contribution in [1.82, 2.24) is 35.7 Å². The number of nitrogens with one attached hydrogen (secondary N) is 3. The van der Waals surface area contributed by atoms with Gasteiger partial charge in [-0.25, -0.2) is 19.3 Å². The molecule has 0 fully saturated rings. The SMILES string of the molecule is CNCc1c(N)ncnc1C(=O)N[C@@H](C)c1cc(-c2nc3ccc(CF)cc3[nH]2)on1. The number of amides is 1. The molecule has 11 heteroatoms. The first-order valence-corrected chi connectivity index (χ1v) is 9.56. The minimum absolute atomic E-state index is 0.193. The Hall–Kier alpha value is -3.86. The van der Waals surface area contributed by atoms with E-state index < -0.39 is 18.6 Å². The number of alkyl halides is 1. The lowest BCUT2D eigenvalue weighted by atomic mass is 10.1. The van der Waals surface area contributed by atoms with E-state index in [1.54, 1.807) is 38.2 Å². The zero-order chi connectivity index (χ0) is 22.0. The molecule has 1 atom stereocenters. The van der Waals surface area contributed by atoms with Crippen LogP contribution in [0.15, 0.2) is 35.1 Å². The number of hydrogen-bond acceptors (Lipinski definition) is 8. The van der Waals surface area contributed by atoms with Crippen LogP contribution in [0.1, 0.15) is 40.3 Å². The van der Waals surface area contributed by atoms with Crippen molar-refractivity contribution in [1.29, 1.82) is 0 Å². The molecule has 1 amide bonds. The molecule has 0 unspecified atom stereocenters. The molecule has 0 spiro atoms. The molecule has 0 aliphatic carbocycles. The second-order valence-electron chi connectivity index (χ2n) is 7.00. The number of fused-ring (bicyclic) bond motifs is 1. The molecular weight excluding hydrogens is 403 g/mol. The van der Waals surface area contributed by atoms with Gasteiger partial charge in [0.1, 0.15) is 30.2 Å². The fourth-order valence-electron chi connectivity index (χ4n) is 3.17. The lowest BCUT2D eigenvalue weighted by molar-refractivity contribution is 0.0932. The van der Waals surface area contributed by atoms with Gasteiger partial charge in [0.05, 0.1) is 17.1 Å². The molecule has 5 N–H and O–H groups in total. The molecular formula is C20H21FN8O2. The van der Waals surface area contributed by atoms with Crippen molar-refractivity contribution in [3.05, 3.63) is 53.1 Å². The summed E-state index contributed by atoms with van der Waals surface area (Å²) in [4.78, 5) is 28.3. The van der Waals surface area contributed by atoms with Gasteiger partial charge in [-0.3, -0.25) is 4.79 Å². The molecule has 0 saturated heterocycles. The Morgan fingerprint density at radius 1 is 1.32 bits per heavy atom. The van der Waals surface area contributed by atoms with E-state index in [0.29, 0.717) is 46.0 Å². The van der Waals surface area contributed by atoms with Crippen molar-refractivity contribution in [3.8, 4) is 11.6 Å². The van der Waals surface area contributed by atoms with E-state index in [-0.39, 0.29) is 11.5 Å². The summed E-state index contributed by atoms with van der Waals surface area (Å²) < 4.78 is 18.3. The van der Waals surface area contributed by atoms with E-state index in [4.69, 9.17) is 10.3 Å². The topological polar surface area (TPSA) is 148 Å². The molecule has 4 aromatic rings. The first-order chi connectivity index (χ1) is 15.0. The zero-order valence-corrected chi connectivity index (χ0v) is 16.9. The number of imidazole rings is 1. The summed E-state index contributed by atoms with van der Waals surface area (Å²) in [7, 11) is 1.74. The van der Waals surface area contributed by atoms with E-state index in [1.807, 2.05) is 0 Å². The third kappa shape index (κ3) is 4.08. The monoisotopic (exact) mass is 424 g/mol. The maximum Gasteiger partial charge on any atom is 0.270 e. The van der Waals surface area contributed by atoms with E-state index in [9.17, 15) is 9.18 Å². The lowest BCUT2D eigenvalue weighted by Gasteiger charge is -2.13. The van der Waals surface area contributed by atoms with Gasteiger partial charge < -0.3 is 25.9 Å². The number of H-pyrrole nitrogens is 1. The third-order valence-electron chi connectivity index (χ3n) is 4.80. The molecule has 4 rings (SSSR count). The Morgan fingerprint density at radius 3 is 2.94 bits per heavy atom. The maximum absolute atomic E-state index is 12.9. The maximum atomic E-state index is 12.9. The van der Waals surface area contributed by atoms with Crippen LogP contribution in [0.3, 0.4) is 0 Å². The van der Waals surface area contributed by atoms with E-state index in [1.165, 1.54) is 6.33 Å². The van der Waals surface area contributed by atoms with Crippen molar-refractivity contribution in [3.63, 3.8) is 0 Å². The van der Waals surface area contributed by atoms with Crippen LogP contribution in [0.5, 0.6) is 0 Å². The standard InChI is InChI=1S/C20H21FN8O2/c1-10(26-20(30)17-12(8-23-2)18(22)25-9-24-17)14-6-16(31-29-14)19-27-13-4-3-11(7-21)5-15(13)28-19/h3-6,9-10,23H,7-8H2,1-2H3,(H,26,30)(H,27,28)(H2,22,24,25)/t10-/m0/s1. The summed E-state index contributed by atoms with van der Waals surface area (Å²) in [5.74, 6) is 0.699. The van der Waals surface area contributed by atoms with E-state index in [0.717, 1.165) is 0 Å². The summed E-state index contributed by atoms with van der Waals surface area (Å²) in [5, 5.41) is 9.82. The van der Waals surface area contributed by atoms with Crippen molar-refractivity contribution in [2.24, 2.45) is 0 Å². The van der Waals surface area contributed by atoms with Crippen molar-refractivity contribution >= 4 is 22.8 Å². The number of rotatable bonds is 7. The van der Waals surface area contributed by atoms with E-state index >= 15 is 0 Å². The first kappa shape index (κ1) is 20.4. The van der Waals surface area contributed by atoms with Gasteiger partial charge in [0, 0.05) is 18.2 Å². The largest absolute Gasteiger partial charge is 0.383 e. The van der Waals surface area contributed by atoms with Crippen LogP contribution in [-0.4, -0.2) is 38.0 Å². The lowest BCUT2D eigenvalue weighted by Crippen LogP contribution is -2.30. The van der Waals surface area contributed by atoms with Gasteiger partial charge in [0.25, 0.3) is 5.91 Å². The highest BCUT2D eigenvalue weighted by Crippen LogP contribution is 2.24. The molecule has 0 radical (unpaired) electrons. The molecule has 0 saturated carbocycles. The fourth-order valence-corrected chi connectivity index (χ4v) is 3.17. The predicted molar refractivity (Wildman–Crippen MR) is 111 cm³/mol. The molecule has 3 aromatic heterocycles. The quantitative estimate of drug-likeness (QED) is 0.353. The third-order valence-corrected chi connectivity index (χ3v) is 4.80.